The molecule has 5 heteroatoms. The van der Waals surface area contributed by atoms with Crippen molar-refractivity contribution >= 4 is 10.9 Å². The lowest BCUT2D eigenvalue weighted by molar-refractivity contribution is 0.574. The van der Waals surface area contributed by atoms with Crippen molar-refractivity contribution in [3.05, 3.63) is 83.2 Å². The van der Waals surface area contributed by atoms with Crippen LogP contribution in [0.1, 0.15) is 19.4 Å². The molecule has 0 spiro atoms. The maximum Gasteiger partial charge on any atom is 0.261 e. The van der Waals surface area contributed by atoms with Gasteiger partial charge in [-0.1, -0.05) is 38.1 Å². The molecule has 5 nitrogen and oxygen atoms in total. The number of aromatic nitrogens is 3. The first-order chi connectivity index (χ1) is 12.3. The number of fused-ring (bicyclic) bond motifs is 1. The molecule has 0 saturated heterocycles. The molecule has 126 valence electrons. The smallest absolute Gasteiger partial charge is 0.261 e. The molecule has 2 aromatic carbocycles. The van der Waals surface area contributed by atoms with Gasteiger partial charge in [0.1, 0.15) is 6.26 Å². The van der Waals surface area contributed by atoms with Gasteiger partial charge < -0.3 is 4.42 Å². The van der Waals surface area contributed by atoms with E-state index >= 15 is 0 Å². The fourth-order valence-electron chi connectivity index (χ4n) is 2.53. The normalized spacial score (nSPS) is 10.3. The highest BCUT2D eigenvalue weighted by Crippen LogP contribution is 2.17. The Balaban J connectivity index is 0.000000880. The third-order valence-corrected chi connectivity index (χ3v) is 3.72. The Morgan fingerprint density at radius 3 is 2.48 bits per heavy atom. The number of oxazole rings is 1. The molecule has 0 saturated carbocycles. The second-order valence-corrected chi connectivity index (χ2v) is 5.23. The van der Waals surface area contributed by atoms with Crippen LogP contribution in [0.25, 0.3) is 22.4 Å². The van der Waals surface area contributed by atoms with Gasteiger partial charge in [0.05, 0.1) is 30.0 Å². The van der Waals surface area contributed by atoms with Gasteiger partial charge in [-0.2, -0.15) is 0 Å². The second kappa shape index (κ2) is 7.57. The standard InChI is InChI=1S/C18H13N3O2.C2H6/c22-18-15-3-1-2-4-16(15)20-12-21(18)11-13-5-7-14(8-6-13)17-19-9-10-23-17;1-2/h1-10,12H,11H2;1-2H3. The highest BCUT2D eigenvalue weighted by atomic mass is 16.3. The number of rotatable bonds is 3. The molecule has 0 fully saturated rings. The predicted molar refractivity (Wildman–Crippen MR) is 98.4 cm³/mol. The maximum absolute atomic E-state index is 12.5. The summed E-state index contributed by atoms with van der Waals surface area (Å²) in [5.41, 5.74) is 2.60. The van der Waals surface area contributed by atoms with Crippen molar-refractivity contribution in [2.75, 3.05) is 0 Å². The molecular formula is C20H19N3O2. The Hall–Kier alpha value is -3.21. The van der Waals surface area contributed by atoms with Crippen molar-refractivity contribution in [3.63, 3.8) is 0 Å². The van der Waals surface area contributed by atoms with Gasteiger partial charge in [0, 0.05) is 5.56 Å². The van der Waals surface area contributed by atoms with E-state index in [1.54, 1.807) is 29.4 Å². The minimum absolute atomic E-state index is 0.0348. The molecule has 0 amide bonds. The summed E-state index contributed by atoms with van der Waals surface area (Å²) in [5.74, 6) is 0.584. The summed E-state index contributed by atoms with van der Waals surface area (Å²) in [6, 6.07) is 15.1. The summed E-state index contributed by atoms with van der Waals surface area (Å²) >= 11 is 0. The SMILES string of the molecule is CC.O=c1c2ccccc2ncn1Cc1ccc(-c2ncco2)cc1. The number of para-hydroxylation sites is 1. The number of hydrogen-bond donors (Lipinski definition) is 0. The summed E-state index contributed by atoms with van der Waals surface area (Å²) in [6.45, 7) is 4.47. The van der Waals surface area contributed by atoms with Crippen LogP contribution in [0, 0.1) is 0 Å². The van der Waals surface area contributed by atoms with Crippen molar-refractivity contribution < 1.29 is 4.42 Å². The molecule has 0 aliphatic heterocycles. The zero-order valence-electron chi connectivity index (χ0n) is 14.2. The lowest BCUT2D eigenvalue weighted by Gasteiger charge is -2.07. The predicted octanol–water partition coefficient (Wildman–Crippen LogP) is 4.13. The molecule has 0 atom stereocenters. The van der Waals surface area contributed by atoms with Gasteiger partial charge in [0.25, 0.3) is 5.56 Å². The third kappa shape index (κ3) is 3.50. The van der Waals surface area contributed by atoms with Crippen LogP contribution < -0.4 is 5.56 Å². The summed E-state index contributed by atoms with van der Waals surface area (Å²) < 4.78 is 6.88. The van der Waals surface area contributed by atoms with Crippen LogP contribution in [0.2, 0.25) is 0 Å². The van der Waals surface area contributed by atoms with Gasteiger partial charge in [-0.15, -0.1) is 0 Å². The number of benzene rings is 2. The molecule has 2 heterocycles. The van der Waals surface area contributed by atoms with E-state index in [-0.39, 0.29) is 5.56 Å². The first kappa shape index (κ1) is 16.6. The number of nitrogens with zero attached hydrogens (tertiary/aromatic N) is 3. The second-order valence-electron chi connectivity index (χ2n) is 5.23. The van der Waals surface area contributed by atoms with E-state index < -0.39 is 0 Å². The topological polar surface area (TPSA) is 60.9 Å². The Labute approximate surface area is 145 Å². The van der Waals surface area contributed by atoms with Crippen LogP contribution >= 0.6 is 0 Å². The Bertz CT molecular complexity index is 1000. The highest BCUT2D eigenvalue weighted by molar-refractivity contribution is 5.76. The van der Waals surface area contributed by atoms with E-state index in [0.29, 0.717) is 23.3 Å². The molecule has 4 aromatic rings. The summed E-state index contributed by atoms with van der Waals surface area (Å²) in [7, 11) is 0. The summed E-state index contributed by atoms with van der Waals surface area (Å²) in [5, 5.41) is 0.631. The van der Waals surface area contributed by atoms with Crippen molar-refractivity contribution in [2.45, 2.75) is 20.4 Å². The van der Waals surface area contributed by atoms with E-state index in [4.69, 9.17) is 4.42 Å². The summed E-state index contributed by atoms with van der Waals surface area (Å²) in [4.78, 5) is 20.9. The fourth-order valence-corrected chi connectivity index (χ4v) is 2.53. The first-order valence-electron chi connectivity index (χ1n) is 8.24. The largest absolute Gasteiger partial charge is 0.445 e. The summed E-state index contributed by atoms with van der Waals surface area (Å²) in [6.07, 6.45) is 4.75. The molecule has 0 aliphatic rings. The average Bonchev–Trinajstić information content (AvgIpc) is 3.21. The van der Waals surface area contributed by atoms with Crippen LogP contribution in [0.4, 0.5) is 0 Å². The van der Waals surface area contributed by atoms with Crippen molar-refractivity contribution in [1.29, 1.82) is 0 Å². The van der Waals surface area contributed by atoms with Crippen LogP contribution in [0.15, 0.2) is 76.5 Å². The maximum atomic E-state index is 12.5. The van der Waals surface area contributed by atoms with Gasteiger partial charge in [0.15, 0.2) is 0 Å². The van der Waals surface area contributed by atoms with Crippen LogP contribution in [-0.2, 0) is 6.54 Å². The molecule has 0 N–H and O–H groups in total. The third-order valence-electron chi connectivity index (χ3n) is 3.72. The Morgan fingerprint density at radius 2 is 1.76 bits per heavy atom. The zero-order valence-corrected chi connectivity index (χ0v) is 14.2. The zero-order chi connectivity index (χ0) is 17.6. The molecule has 25 heavy (non-hydrogen) atoms. The van der Waals surface area contributed by atoms with E-state index in [1.807, 2.05) is 56.3 Å². The van der Waals surface area contributed by atoms with Gasteiger partial charge >= 0.3 is 0 Å². The number of hydrogen-bond acceptors (Lipinski definition) is 4. The quantitative estimate of drug-likeness (QED) is 0.566. The van der Waals surface area contributed by atoms with Crippen molar-refractivity contribution in [1.82, 2.24) is 14.5 Å². The lowest BCUT2D eigenvalue weighted by atomic mass is 10.1. The van der Waals surface area contributed by atoms with Crippen LogP contribution in [-0.4, -0.2) is 14.5 Å². The molecule has 0 radical (unpaired) electrons. The van der Waals surface area contributed by atoms with Crippen LogP contribution in [0.5, 0.6) is 0 Å². The van der Waals surface area contributed by atoms with Gasteiger partial charge in [0.2, 0.25) is 5.89 Å². The van der Waals surface area contributed by atoms with Crippen molar-refractivity contribution in [3.8, 4) is 11.5 Å². The molecule has 0 unspecified atom stereocenters. The van der Waals surface area contributed by atoms with E-state index in [0.717, 1.165) is 11.1 Å². The van der Waals surface area contributed by atoms with E-state index in [9.17, 15) is 4.79 Å². The lowest BCUT2D eigenvalue weighted by Crippen LogP contribution is -2.21. The highest BCUT2D eigenvalue weighted by Gasteiger charge is 2.05. The van der Waals surface area contributed by atoms with E-state index in [2.05, 4.69) is 9.97 Å². The first-order valence-corrected chi connectivity index (χ1v) is 8.24. The fraction of sp³-hybridized carbons (Fsp3) is 0.150. The van der Waals surface area contributed by atoms with Gasteiger partial charge in [-0.05, 0) is 29.8 Å². The molecular weight excluding hydrogens is 314 g/mol. The van der Waals surface area contributed by atoms with E-state index in [1.165, 1.54) is 0 Å². The molecule has 2 aromatic heterocycles. The Morgan fingerprint density at radius 1 is 1.00 bits per heavy atom. The van der Waals surface area contributed by atoms with Crippen LogP contribution in [0.3, 0.4) is 0 Å². The van der Waals surface area contributed by atoms with Gasteiger partial charge in [-0.3, -0.25) is 9.36 Å². The minimum atomic E-state index is -0.0348. The Kier molecular flexibility index (Phi) is 5.04. The molecule has 4 rings (SSSR count). The molecule has 0 bridgehead atoms. The van der Waals surface area contributed by atoms with Crippen molar-refractivity contribution in [2.24, 2.45) is 0 Å². The van der Waals surface area contributed by atoms with Gasteiger partial charge in [-0.25, -0.2) is 9.97 Å². The minimum Gasteiger partial charge on any atom is -0.445 e. The molecule has 0 aliphatic carbocycles. The average molecular weight is 333 g/mol. The monoisotopic (exact) mass is 333 g/mol.